The van der Waals surface area contributed by atoms with Crippen molar-refractivity contribution in [1.29, 1.82) is 0 Å². The number of esters is 2. The number of carbonyl (C=O) groups is 2. The van der Waals surface area contributed by atoms with Crippen LogP contribution in [-0.4, -0.2) is 62.4 Å². The van der Waals surface area contributed by atoms with Crippen LogP contribution in [0.3, 0.4) is 0 Å². The molecular weight excluding hydrogens is 310 g/mol. The molecular formula is C18H23NO5. The normalized spacial score (nSPS) is 32.4. The molecule has 2 aliphatic heterocycles. The van der Waals surface area contributed by atoms with Crippen molar-refractivity contribution in [2.24, 2.45) is 5.92 Å². The van der Waals surface area contributed by atoms with E-state index in [1.807, 2.05) is 13.1 Å². The molecule has 2 fully saturated rings. The number of hydrogen-bond acceptors (Lipinski definition) is 6. The summed E-state index contributed by atoms with van der Waals surface area (Å²) in [6, 6.07) is 8.91. The molecule has 1 aromatic carbocycles. The minimum Gasteiger partial charge on any atom is -0.469 e. The average molecular weight is 333 g/mol. The number of likely N-dealkylation sites (N-methyl/N-ethyl adjacent to an activating group) is 1. The van der Waals surface area contributed by atoms with E-state index in [9.17, 15) is 9.59 Å². The van der Waals surface area contributed by atoms with Gasteiger partial charge in [-0.15, -0.1) is 0 Å². The molecule has 130 valence electrons. The number of methoxy groups -OCH3 is 2. The predicted molar refractivity (Wildman–Crippen MR) is 86.5 cm³/mol. The van der Waals surface area contributed by atoms with Gasteiger partial charge < -0.3 is 14.2 Å². The zero-order valence-electron chi connectivity index (χ0n) is 14.2. The second kappa shape index (κ2) is 6.91. The van der Waals surface area contributed by atoms with Crippen molar-refractivity contribution in [3.05, 3.63) is 35.9 Å². The van der Waals surface area contributed by atoms with Crippen molar-refractivity contribution in [3.8, 4) is 0 Å². The molecule has 3 rings (SSSR count). The molecule has 2 bridgehead atoms. The van der Waals surface area contributed by atoms with Crippen LogP contribution < -0.4 is 0 Å². The number of carbonyl (C=O) groups excluding carboxylic acids is 2. The van der Waals surface area contributed by atoms with Gasteiger partial charge in [0, 0.05) is 19.6 Å². The monoisotopic (exact) mass is 333 g/mol. The first-order valence-electron chi connectivity index (χ1n) is 8.15. The standard InChI is InChI=1S/C18H23NO5/c1-19-12-9-13(24-17(20)11-7-5-4-6-8-11)15(18(21)23-3)16(19)14(10-12)22-2/h4-8,12-16H,9-10H2,1-3H3/t12-,13-,14-,15+,16?/m0/s1. The van der Waals surface area contributed by atoms with Crippen LogP contribution >= 0.6 is 0 Å². The molecule has 0 aliphatic carbocycles. The topological polar surface area (TPSA) is 65.1 Å². The molecule has 2 aliphatic rings. The van der Waals surface area contributed by atoms with Crippen molar-refractivity contribution in [2.45, 2.75) is 37.1 Å². The third-order valence-electron chi connectivity index (χ3n) is 5.25. The Kier molecular flexibility index (Phi) is 4.87. The van der Waals surface area contributed by atoms with Crippen LogP contribution in [0.1, 0.15) is 23.2 Å². The summed E-state index contributed by atoms with van der Waals surface area (Å²) in [5.41, 5.74) is 0.482. The fourth-order valence-corrected chi connectivity index (χ4v) is 4.03. The molecule has 2 heterocycles. The summed E-state index contributed by atoms with van der Waals surface area (Å²) in [6.07, 6.45) is 0.858. The van der Waals surface area contributed by atoms with Crippen LogP contribution in [0.2, 0.25) is 0 Å². The first-order chi connectivity index (χ1) is 11.6. The van der Waals surface area contributed by atoms with E-state index in [1.54, 1.807) is 31.4 Å². The quantitative estimate of drug-likeness (QED) is 0.778. The predicted octanol–water partition coefficient (Wildman–Crippen LogP) is 1.49. The Labute approximate surface area is 141 Å². The number of fused-ring (bicyclic) bond motifs is 2. The summed E-state index contributed by atoms with van der Waals surface area (Å²) in [5.74, 6) is -1.32. The molecule has 6 nitrogen and oxygen atoms in total. The van der Waals surface area contributed by atoms with E-state index in [4.69, 9.17) is 14.2 Å². The van der Waals surface area contributed by atoms with Gasteiger partial charge in [-0.3, -0.25) is 9.69 Å². The van der Waals surface area contributed by atoms with Crippen molar-refractivity contribution < 1.29 is 23.8 Å². The van der Waals surface area contributed by atoms with Crippen LogP contribution in [-0.2, 0) is 19.0 Å². The van der Waals surface area contributed by atoms with Gasteiger partial charge in [0.05, 0.1) is 24.8 Å². The zero-order valence-corrected chi connectivity index (χ0v) is 14.2. The summed E-state index contributed by atoms with van der Waals surface area (Å²) < 4.78 is 16.3. The second-order valence-electron chi connectivity index (χ2n) is 6.41. The maximum atomic E-state index is 12.4. The number of rotatable bonds is 4. The first kappa shape index (κ1) is 16.9. The summed E-state index contributed by atoms with van der Waals surface area (Å²) >= 11 is 0. The highest BCUT2D eigenvalue weighted by Crippen LogP contribution is 2.41. The van der Waals surface area contributed by atoms with Gasteiger partial charge in [-0.25, -0.2) is 4.79 Å². The largest absolute Gasteiger partial charge is 0.469 e. The van der Waals surface area contributed by atoms with Crippen LogP contribution in [0.4, 0.5) is 0 Å². The number of piperidine rings is 1. The molecule has 0 spiro atoms. The summed E-state index contributed by atoms with van der Waals surface area (Å²) in [6.45, 7) is 0. The van der Waals surface area contributed by atoms with Gasteiger partial charge in [-0.05, 0) is 25.6 Å². The molecule has 0 amide bonds. The first-order valence-corrected chi connectivity index (χ1v) is 8.15. The number of hydrogen-bond donors (Lipinski definition) is 0. The van der Waals surface area contributed by atoms with Crippen LogP contribution in [0.15, 0.2) is 30.3 Å². The third kappa shape index (κ3) is 2.91. The summed E-state index contributed by atoms with van der Waals surface area (Å²) in [5, 5.41) is 0. The average Bonchev–Trinajstić information content (AvgIpc) is 2.81. The van der Waals surface area contributed by atoms with Crippen molar-refractivity contribution in [3.63, 3.8) is 0 Å². The molecule has 5 atom stereocenters. The Morgan fingerprint density at radius 1 is 1.08 bits per heavy atom. The molecule has 24 heavy (non-hydrogen) atoms. The highest BCUT2D eigenvalue weighted by atomic mass is 16.6. The third-order valence-corrected chi connectivity index (χ3v) is 5.25. The van der Waals surface area contributed by atoms with Gasteiger partial charge in [-0.1, -0.05) is 18.2 Å². The number of benzene rings is 1. The number of nitrogens with zero attached hydrogens (tertiary/aromatic N) is 1. The fraction of sp³-hybridized carbons (Fsp3) is 0.556. The molecule has 0 N–H and O–H groups in total. The van der Waals surface area contributed by atoms with Crippen LogP contribution in [0.25, 0.3) is 0 Å². The minimum absolute atomic E-state index is 0.0653. The Hall–Kier alpha value is -1.92. The van der Waals surface area contributed by atoms with Crippen molar-refractivity contribution in [1.82, 2.24) is 4.90 Å². The lowest BCUT2D eigenvalue weighted by Gasteiger charge is -2.41. The summed E-state index contributed by atoms with van der Waals surface area (Å²) in [4.78, 5) is 27.0. The lowest BCUT2D eigenvalue weighted by atomic mass is 9.87. The molecule has 1 unspecified atom stereocenters. The van der Waals surface area contributed by atoms with Gasteiger partial charge in [0.15, 0.2) is 0 Å². The van der Waals surface area contributed by atoms with E-state index in [0.717, 1.165) is 6.42 Å². The van der Waals surface area contributed by atoms with E-state index >= 15 is 0 Å². The second-order valence-corrected chi connectivity index (χ2v) is 6.41. The lowest BCUT2D eigenvalue weighted by Crippen LogP contribution is -2.55. The SMILES string of the molecule is COC(=O)[C@H]1C2[C@@H](OC)C[C@H](C[C@@H]1OC(=O)c1ccccc1)N2C. The Morgan fingerprint density at radius 2 is 1.75 bits per heavy atom. The van der Waals surface area contributed by atoms with Crippen LogP contribution in [0, 0.1) is 5.92 Å². The Morgan fingerprint density at radius 3 is 2.38 bits per heavy atom. The maximum absolute atomic E-state index is 12.4. The fourth-order valence-electron chi connectivity index (χ4n) is 4.03. The van der Waals surface area contributed by atoms with Crippen molar-refractivity contribution in [2.75, 3.05) is 21.3 Å². The van der Waals surface area contributed by atoms with Crippen LogP contribution in [0.5, 0.6) is 0 Å². The Bertz CT molecular complexity index is 605. The van der Waals surface area contributed by atoms with Gasteiger partial charge >= 0.3 is 11.9 Å². The highest BCUT2D eigenvalue weighted by molar-refractivity contribution is 5.89. The van der Waals surface area contributed by atoms with E-state index in [2.05, 4.69) is 4.90 Å². The molecule has 2 saturated heterocycles. The summed E-state index contributed by atoms with van der Waals surface area (Å²) in [7, 11) is 5.00. The van der Waals surface area contributed by atoms with E-state index in [-0.39, 0.29) is 24.2 Å². The Balaban J connectivity index is 1.84. The molecule has 1 aromatic rings. The van der Waals surface area contributed by atoms with Gasteiger partial charge in [-0.2, -0.15) is 0 Å². The van der Waals surface area contributed by atoms with Gasteiger partial charge in [0.25, 0.3) is 0 Å². The van der Waals surface area contributed by atoms with Gasteiger partial charge in [0.1, 0.15) is 12.0 Å². The number of ether oxygens (including phenoxy) is 3. The molecule has 0 saturated carbocycles. The zero-order chi connectivity index (χ0) is 17.3. The van der Waals surface area contributed by atoms with Gasteiger partial charge in [0.2, 0.25) is 0 Å². The molecule has 0 aromatic heterocycles. The molecule has 6 heteroatoms. The minimum atomic E-state index is -0.545. The lowest BCUT2D eigenvalue weighted by molar-refractivity contribution is -0.158. The van der Waals surface area contributed by atoms with E-state index < -0.39 is 18.0 Å². The highest BCUT2D eigenvalue weighted by Gasteiger charge is 2.55. The maximum Gasteiger partial charge on any atom is 0.338 e. The van der Waals surface area contributed by atoms with E-state index in [0.29, 0.717) is 12.0 Å². The smallest absolute Gasteiger partial charge is 0.338 e. The van der Waals surface area contributed by atoms with Crippen molar-refractivity contribution >= 4 is 11.9 Å². The van der Waals surface area contributed by atoms with E-state index in [1.165, 1.54) is 7.11 Å². The molecule has 0 radical (unpaired) electrons.